The van der Waals surface area contributed by atoms with Gasteiger partial charge in [-0.3, -0.25) is 0 Å². The maximum Gasteiger partial charge on any atom is 0.0177 e. The van der Waals surface area contributed by atoms with Crippen LogP contribution in [0.25, 0.3) is 0 Å². The number of benzene rings is 1. The van der Waals surface area contributed by atoms with E-state index in [2.05, 4.69) is 54.9 Å². The molecule has 3 unspecified atom stereocenters. The van der Waals surface area contributed by atoms with Gasteiger partial charge >= 0.3 is 0 Å². The molecule has 0 aromatic heterocycles. The summed E-state index contributed by atoms with van der Waals surface area (Å²) >= 11 is 3.88. The van der Waals surface area contributed by atoms with E-state index >= 15 is 0 Å². The first-order valence-corrected chi connectivity index (χ1v) is 7.68. The average molecular weight is 295 g/mol. The molecule has 1 heteroatoms. The van der Waals surface area contributed by atoms with E-state index in [0.717, 1.165) is 16.7 Å². The van der Waals surface area contributed by atoms with Gasteiger partial charge in [-0.25, -0.2) is 0 Å². The normalized spacial score (nSPS) is 29.3. The van der Waals surface area contributed by atoms with Crippen molar-refractivity contribution in [3.8, 4) is 0 Å². The summed E-state index contributed by atoms with van der Waals surface area (Å²) in [6.07, 6.45) is 5.35. The quantitative estimate of drug-likeness (QED) is 0.670. The highest BCUT2D eigenvalue weighted by atomic mass is 79.9. The van der Waals surface area contributed by atoms with Crippen molar-refractivity contribution in [3.05, 3.63) is 34.9 Å². The Morgan fingerprint density at radius 2 is 2.00 bits per heavy atom. The van der Waals surface area contributed by atoms with Crippen molar-refractivity contribution in [1.29, 1.82) is 0 Å². The van der Waals surface area contributed by atoms with Crippen LogP contribution in [0.1, 0.15) is 42.9 Å². The van der Waals surface area contributed by atoms with Crippen LogP contribution in [0.5, 0.6) is 0 Å². The lowest BCUT2D eigenvalue weighted by Gasteiger charge is -2.32. The minimum atomic E-state index is 0.721. The first-order valence-electron chi connectivity index (χ1n) is 6.76. The summed E-state index contributed by atoms with van der Waals surface area (Å²) < 4.78 is 0. The van der Waals surface area contributed by atoms with Gasteiger partial charge in [0, 0.05) is 4.83 Å². The molecule has 1 aromatic carbocycles. The van der Waals surface area contributed by atoms with Crippen LogP contribution in [-0.2, 0) is 6.42 Å². The molecule has 94 valence electrons. The van der Waals surface area contributed by atoms with Crippen molar-refractivity contribution in [2.24, 2.45) is 11.8 Å². The summed E-state index contributed by atoms with van der Waals surface area (Å²) in [6, 6.07) is 6.85. The van der Waals surface area contributed by atoms with Gasteiger partial charge in [0.2, 0.25) is 0 Å². The molecule has 1 aromatic rings. The summed E-state index contributed by atoms with van der Waals surface area (Å²) in [6.45, 7) is 6.83. The molecule has 0 amide bonds. The third-order valence-corrected chi connectivity index (χ3v) is 5.34. The molecular weight excluding hydrogens is 272 g/mol. The second-order valence-corrected chi connectivity index (χ2v) is 7.00. The van der Waals surface area contributed by atoms with E-state index in [1.54, 1.807) is 5.56 Å². The lowest BCUT2D eigenvalue weighted by atomic mass is 9.78. The first kappa shape index (κ1) is 13.1. The predicted octanol–water partition coefficient (Wildman–Crippen LogP) is 5.05. The third-order valence-electron chi connectivity index (χ3n) is 4.14. The fourth-order valence-corrected chi connectivity index (χ4v) is 3.64. The lowest BCUT2D eigenvalue weighted by Crippen LogP contribution is -2.25. The third kappa shape index (κ3) is 3.34. The smallest absolute Gasteiger partial charge is 0.0177 e. The summed E-state index contributed by atoms with van der Waals surface area (Å²) in [5, 5.41) is 0. The molecule has 1 aliphatic carbocycles. The molecule has 1 aliphatic rings. The summed E-state index contributed by atoms with van der Waals surface area (Å²) in [5.41, 5.74) is 4.39. The zero-order valence-electron chi connectivity index (χ0n) is 11.2. The molecule has 0 bridgehead atoms. The molecule has 1 saturated carbocycles. The zero-order chi connectivity index (χ0) is 12.4. The van der Waals surface area contributed by atoms with Gasteiger partial charge in [0.15, 0.2) is 0 Å². The van der Waals surface area contributed by atoms with Crippen LogP contribution in [0, 0.1) is 25.7 Å². The Morgan fingerprint density at radius 3 is 2.76 bits per heavy atom. The molecular formula is C16H23Br. The maximum atomic E-state index is 3.88. The second kappa shape index (κ2) is 5.56. The molecule has 17 heavy (non-hydrogen) atoms. The predicted molar refractivity (Wildman–Crippen MR) is 78.8 cm³/mol. The Kier molecular flexibility index (Phi) is 4.30. The number of halogens is 1. The lowest BCUT2D eigenvalue weighted by molar-refractivity contribution is 0.294. The van der Waals surface area contributed by atoms with Crippen molar-refractivity contribution < 1.29 is 0 Å². The van der Waals surface area contributed by atoms with Crippen LogP contribution in [0.3, 0.4) is 0 Å². The zero-order valence-corrected chi connectivity index (χ0v) is 12.8. The van der Waals surface area contributed by atoms with Crippen LogP contribution in [0.15, 0.2) is 18.2 Å². The SMILES string of the molecule is Cc1ccc(C)c(CC2CC(C)CCC2Br)c1. The highest BCUT2D eigenvalue weighted by molar-refractivity contribution is 9.09. The molecule has 0 nitrogen and oxygen atoms in total. The number of hydrogen-bond donors (Lipinski definition) is 0. The van der Waals surface area contributed by atoms with E-state index in [-0.39, 0.29) is 0 Å². The van der Waals surface area contributed by atoms with Crippen LogP contribution in [0.4, 0.5) is 0 Å². The Labute approximate surface area is 114 Å². The highest BCUT2D eigenvalue weighted by Crippen LogP contribution is 2.36. The van der Waals surface area contributed by atoms with E-state index in [0.29, 0.717) is 0 Å². The number of rotatable bonds is 2. The molecule has 1 fully saturated rings. The Hall–Kier alpha value is -0.300. The van der Waals surface area contributed by atoms with Crippen LogP contribution < -0.4 is 0 Å². The Morgan fingerprint density at radius 1 is 1.24 bits per heavy atom. The molecule has 0 heterocycles. The van der Waals surface area contributed by atoms with Crippen molar-refractivity contribution in [2.75, 3.05) is 0 Å². The van der Waals surface area contributed by atoms with Gasteiger partial charge in [0.25, 0.3) is 0 Å². The van der Waals surface area contributed by atoms with E-state index < -0.39 is 0 Å². The second-order valence-electron chi connectivity index (χ2n) is 5.83. The largest absolute Gasteiger partial charge is 0.0888 e. The van der Waals surface area contributed by atoms with Gasteiger partial charge in [-0.05, 0) is 62.5 Å². The highest BCUT2D eigenvalue weighted by Gasteiger charge is 2.27. The Balaban J connectivity index is 2.11. The number of alkyl halides is 1. The number of aryl methyl sites for hydroxylation is 2. The van der Waals surface area contributed by atoms with Crippen LogP contribution in [-0.4, -0.2) is 4.83 Å². The van der Waals surface area contributed by atoms with Crippen LogP contribution >= 0.6 is 15.9 Å². The minimum Gasteiger partial charge on any atom is -0.0888 e. The molecule has 0 radical (unpaired) electrons. The Bertz CT molecular complexity index is 383. The fourth-order valence-electron chi connectivity index (χ4n) is 2.98. The fraction of sp³-hybridized carbons (Fsp3) is 0.625. The maximum absolute atomic E-state index is 3.88. The molecule has 0 spiro atoms. The summed E-state index contributed by atoms with van der Waals surface area (Å²) in [7, 11) is 0. The van der Waals surface area contributed by atoms with E-state index in [1.165, 1.54) is 36.8 Å². The van der Waals surface area contributed by atoms with Gasteiger partial charge in [-0.2, -0.15) is 0 Å². The van der Waals surface area contributed by atoms with E-state index in [1.807, 2.05) is 0 Å². The van der Waals surface area contributed by atoms with Crippen molar-refractivity contribution in [1.82, 2.24) is 0 Å². The van der Waals surface area contributed by atoms with Crippen molar-refractivity contribution in [2.45, 2.75) is 51.3 Å². The van der Waals surface area contributed by atoms with Gasteiger partial charge in [-0.15, -0.1) is 0 Å². The van der Waals surface area contributed by atoms with Gasteiger partial charge < -0.3 is 0 Å². The van der Waals surface area contributed by atoms with E-state index in [4.69, 9.17) is 0 Å². The van der Waals surface area contributed by atoms with Crippen molar-refractivity contribution >= 4 is 15.9 Å². The number of hydrogen-bond acceptors (Lipinski definition) is 0. The average Bonchev–Trinajstić information content (AvgIpc) is 2.28. The molecule has 0 aliphatic heterocycles. The molecule has 0 saturated heterocycles. The topological polar surface area (TPSA) is 0 Å². The minimum absolute atomic E-state index is 0.721. The summed E-state index contributed by atoms with van der Waals surface area (Å²) in [5.74, 6) is 1.72. The molecule has 2 rings (SSSR count). The molecule has 0 N–H and O–H groups in total. The standard InChI is InChI=1S/C16H23Br/c1-11-4-6-13(3)14(8-11)10-15-9-12(2)5-7-16(15)17/h4,6,8,12,15-16H,5,7,9-10H2,1-3H3. The molecule has 3 atom stereocenters. The van der Waals surface area contributed by atoms with Gasteiger partial charge in [-0.1, -0.05) is 46.6 Å². The van der Waals surface area contributed by atoms with Gasteiger partial charge in [0.05, 0.1) is 0 Å². The first-order chi connectivity index (χ1) is 8.06. The van der Waals surface area contributed by atoms with E-state index in [9.17, 15) is 0 Å². The summed E-state index contributed by atoms with van der Waals surface area (Å²) in [4.78, 5) is 0.721. The van der Waals surface area contributed by atoms with Crippen molar-refractivity contribution in [3.63, 3.8) is 0 Å². The van der Waals surface area contributed by atoms with Gasteiger partial charge in [0.1, 0.15) is 0 Å². The van der Waals surface area contributed by atoms with Crippen LogP contribution in [0.2, 0.25) is 0 Å². The monoisotopic (exact) mass is 294 g/mol.